The first-order valence-electron chi connectivity index (χ1n) is 8.17. The molecule has 2 rings (SSSR count). The second-order valence-corrected chi connectivity index (χ2v) is 9.14. The van der Waals surface area contributed by atoms with E-state index in [2.05, 4.69) is 46.5 Å². The van der Waals surface area contributed by atoms with Crippen molar-refractivity contribution in [3.63, 3.8) is 0 Å². The Hall–Kier alpha value is -1.68. The van der Waals surface area contributed by atoms with E-state index in [0.717, 1.165) is 16.8 Å². The number of carbonyl (C=O) groups excluding carboxylic acids is 1. The Morgan fingerprint density at radius 3 is 2.04 bits per heavy atom. The topological polar surface area (TPSA) is 53.1 Å². The molecular formula is C20H27NO2S. The highest BCUT2D eigenvalue weighted by atomic mass is 32.2. The molecule has 0 amide bonds. The molecule has 1 aromatic heterocycles. The molecule has 0 aliphatic heterocycles. The van der Waals surface area contributed by atoms with Crippen LogP contribution in [-0.4, -0.2) is 15.2 Å². The van der Waals surface area contributed by atoms with E-state index >= 15 is 0 Å². The maximum Gasteiger partial charge on any atom is 0.219 e. The van der Waals surface area contributed by atoms with Gasteiger partial charge < -0.3 is 10.1 Å². The Bertz CT molecular complexity index is 684. The summed E-state index contributed by atoms with van der Waals surface area (Å²) in [5, 5.41) is 10.8. The first kappa shape index (κ1) is 18.7. The van der Waals surface area contributed by atoms with Gasteiger partial charge in [-0.3, -0.25) is 4.79 Å². The molecule has 3 nitrogen and oxygen atoms in total. The second kappa shape index (κ2) is 6.67. The third-order valence-electron chi connectivity index (χ3n) is 3.98. The molecule has 0 radical (unpaired) electrons. The van der Waals surface area contributed by atoms with Crippen molar-refractivity contribution in [2.45, 2.75) is 58.1 Å². The zero-order chi connectivity index (χ0) is 18.1. The molecule has 0 bridgehead atoms. The van der Waals surface area contributed by atoms with Crippen LogP contribution in [0.1, 0.15) is 68.7 Å². The van der Waals surface area contributed by atoms with Gasteiger partial charge in [-0.1, -0.05) is 53.3 Å². The molecule has 2 aromatic rings. The molecule has 0 saturated carbocycles. The number of hydrogen-bond donors (Lipinski definition) is 2. The van der Waals surface area contributed by atoms with E-state index in [1.54, 1.807) is 0 Å². The number of H-pyrrole nitrogens is 1. The van der Waals surface area contributed by atoms with Gasteiger partial charge in [0.25, 0.3) is 0 Å². The van der Waals surface area contributed by atoms with Crippen LogP contribution in [-0.2, 0) is 16.6 Å². The fraction of sp³-hybridized carbons (Fsp3) is 0.450. The van der Waals surface area contributed by atoms with Crippen LogP contribution in [0.3, 0.4) is 0 Å². The summed E-state index contributed by atoms with van der Waals surface area (Å²) in [4.78, 5) is 15.8. The van der Waals surface area contributed by atoms with Crippen LogP contribution in [0.25, 0.3) is 0 Å². The van der Waals surface area contributed by atoms with E-state index in [0.29, 0.717) is 17.1 Å². The summed E-state index contributed by atoms with van der Waals surface area (Å²) in [5.74, 6) is 0.920. The van der Waals surface area contributed by atoms with Crippen molar-refractivity contribution in [3.8, 4) is 5.75 Å². The van der Waals surface area contributed by atoms with Gasteiger partial charge in [-0.05, 0) is 35.1 Å². The van der Waals surface area contributed by atoms with Gasteiger partial charge in [-0.2, -0.15) is 0 Å². The highest BCUT2D eigenvalue weighted by molar-refractivity contribution is 8.13. The van der Waals surface area contributed by atoms with E-state index in [1.165, 1.54) is 11.8 Å². The summed E-state index contributed by atoms with van der Waals surface area (Å²) in [6, 6.07) is 7.58. The van der Waals surface area contributed by atoms with Crippen molar-refractivity contribution in [1.29, 1.82) is 0 Å². The first-order valence-corrected chi connectivity index (χ1v) is 9.16. The van der Waals surface area contributed by atoms with Gasteiger partial charge in [0.15, 0.2) is 0 Å². The van der Waals surface area contributed by atoms with E-state index < -0.39 is 0 Å². The number of thioether (sulfide) groups is 1. The Morgan fingerprint density at radius 1 is 1.08 bits per heavy atom. The van der Waals surface area contributed by atoms with Crippen LogP contribution in [0, 0.1) is 0 Å². The van der Waals surface area contributed by atoms with Crippen LogP contribution in [0.4, 0.5) is 0 Å². The largest absolute Gasteiger partial charge is 0.507 e. The molecule has 0 fully saturated rings. The van der Waals surface area contributed by atoms with Gasteiger partial charge in [-0.15, -0.1) is 0 Å². The molecule has 0 unspecified atom stereocenters. The van der Waals surface area contributed by atoms with Gasteiger partial charge >= 0.3 is 0 Å². The zero-order valence-electron chi connectivity index (χ0n) is 15.4. The molecular weight excluding hydrogens is 318 g/mol. The average Bonchev–Trinajstić information content (AvgIpc) is 2.95. The predicted molar refractivity (Wildman–Crippen MR) is 102 cm³/mol. The minimum Gasteiger partial charge on any atom is -0.507 e. The smallest absolute Gasteiger partial charge is 0.219 e. The summed E-state index contributed by atoms with van der Waals surface area (Å²) >= 11 is 1.28. The highest BCUT2D eigenvalue weighted by Crippen LogP contribution is 2.40. The third kappa shape index (κ3) is 4.23. The quantitative estimate of drug-likeness (QED) is 0.784. The molecule has 4 heteroatoms. The number of aromatic nitrogens is 1. The van der Waals surface area contributed by atoms with Gasteiger partial charge in [-0.25, -0.2) is 0 Å². The number of aromatic hydroxyl groups is 1. The van der Waals surface area contributed by atoms with E-state index in [4.69, 9.17) is 0 Å². The Morgan fingerprint density at radius 2 is 1.62 bits per heavy atom. The standard InChI is InChI=1S/C20H27NO2S/c1-19(2,3)15-10-13(11-16(17(15)22)20(4,5)6)18(23)24-12-14-8-7-9-21-14/h7-11,21-22H,12H2,1-6H3. The van der Waals surface area contributed by atoms with E-state index in [1.807, 2.05) is 30.5 Å². The second-order valence-electron chi connectivity index (χ2n) is 8.19. The first-order chi connectivity index (χ1) is 11.0. The van der Waals surface area contributed by atoms with E-state index in [9.17, 15) is 9.90 Å². The lowest BCUT2D eigenvalue weighted by atomic mass is 9.78. The van der Waals surface area contributed by atoms with Crippen molar-refractivity contribution in [2.75, 3.05) is 0 Å². The Labute approximate surface area is 148 Å². The van der Waals surface area contributed by atoms with Crippen molar-refractivity contribution in [2.24, 2.45) is 0 Å². The minimum absolute atomic E-state index is 0.0283. The van der Waals surface area contributed by atoms with Crippen LogP contribution >= 0.6 is 11.8 Å². The van der Waals surface area contributed by atoms with Crippen molar-refractivity contribution < 1.29 is 9.90 Å². The number of benzene rings is 1. The lowest BCUT2D eigenvalue weighted by molar-refractivity contribution is 0.108. The highest BCUT2D eigenvalue weighted by Gasteiger charge is 2.27. The molecule has 1 heterocycles. The van der Waals surface area contributed by atoms with Crippen LogP contribution < -0.4 is 0 Å². The molecule has 1 aromatic carbocycles. The maximum atomic E-state index is 12.7. The van der Waals surface area contributed by atoms with Gasteiger partial charge in [0.1, 0.15) is 5.75 Å². The summed E-state index contributed by atoms with van der Waals surface area (Å²) in [6.45, 7) is 12.3. The summed E-state index contributed by atoms with van der Waals surface area (Å²) in [6.07, 6.45) is 1.86. The zero-order valence-corrected chi connectivity index (χ0v) is 16.2. The third-order valence-corrected chi connectivity index (χ3v) is 4.94. The Balaban J connectivity index is 2.40. The fourth-order valence-electron chi connectivity index (χ4n) is 2.58. The monoisotopic (exact) mass is 345 g/mol. The van der Waals surface area contributed by atoms with Gasteiger partial charge in [0, 0.05) is 34.3 Å². The van der Waals surface area contributed by atoms with Gasteiger partial charge in [0.2, 0.25) is 5.12 Å². The lowest BCUT2D eigenvalue weighted by Gasteiger charge is -2.28. The van der Waals surface area contributed by atoms with Crippen molar-refractivity contribution >= 4 is 16.9 Å². The summed E-state index contributed by atoms with van der Waals surface area (Å²) < 4.78 is 0. The molecule has 2 N–H and O–H groups in total. The molecule has 0 aliphatic rings. The van der Waals surface area contributed by atoms with E-state index in [-0.39, 0.29) is 15.9 Å². The predicted octanol–water partition coefficient (Wildman–Crippen LogP) is 5.39. The van der Waals surface area contributed by atoms with Crippen LogP contribution in [0.5, 0.6) is 5.75 Å². The number of phenolic OH excluding ortho intramolecular Hbond substituents is 1. The van der Waals surface area contributed by atoms with Crippen molar-refractivity contribution in [1.82, 2.24) is 4.98 Å². The number of aromatic amines is 1. The molecule has 130 valence electrons. The molecule has 0 saturated heterocycles. The normalized spacial score (nSPS) is 12.4. The van der Waals surface area contributed by atoms with Crippen LogP contribution in [0.15, 0.2) is 30.5 Å². The number of hydrogen-bond acceptors (Lipinski definition) is 3. The maximum absolute atomic E-state index is 12.7. The average molecular weight is 346 g/mol. The Kier molecular flexibility index (Phi) is 5.19. The number of nitrogens with one attached hydrogen (secondary N) is 1. The number of rotatable bonds is 3. The van der Waals surface area contributed by atoms with Crippen molar-refractivity contribution in [3.05, 3.63) is 52.8 Å². The SMILES string of the molecule is CC(C)(C)c1cc(C(=O)SCc2ccc[nH]2)cc(C(C)(C)C)c1O. The minimum atomic E-state index is -0.232. The summed E-state index contributed by atoms with van der Waals surface area (Å²) in [5.41, 5.74) is 2.85. The molecule has 0 atom stereocenters. The molecule has 0 spiro atoms. The summed E-state index contributed by atoms with van der Waals surface area (Å²) in [7, 11) is 0. The number of phenols is 1. The van der Waals surface area contributed by atoms with Gasteiger partial charge in [0.05, 0.1) is 0 Å². The molecule has 24 heavy (non-hydrogen) atoms. The molecule has 0 aliphatic carbocycles. The lowest BCUT2D eigenvalue weighted by Crippen LogP contribution is -2.18. The van der Waals surface area contributed by atoms with Crippen LogP contribution in [0.2, 0.25) is 0 Å². The number of carbonyl (C=O) groups is 1. The fourth-order valence-corrected chi connectivity index (χ4v) is 3.33.